The summed E-state index contributed by atoms with van der Waals surface area (Å²) in [7, 11) is 2.13. The monoisotopic (exact) mass is 183 g/mol. The maximum Gasteiger partial charge on any atom is 0.00924 e. The van der Waals surface area contributed by atoms with E-state index in [1.807, 2.05) is 0 Å². The molecule has 0 aromatic heterocycles. The summed E-state index contributed by atoms with van der Waals surface area (Å²) in [5.41, 5.74) is 0. The lowest BCUT2D eigenvalue weighted by Crippen LogP contribution is -2.33. The topological polar surface area (TPSA) is 12.0 Å². The van der Waals surface area contributed by atoms with Crippen molar-refractivity contribution in [2.75, 3.05) is 7.05 Å². The molecule has 1 saturated carbocycles. The maximum atomic E-state index is 3.50. The number of hydrogen-bond acceptors (Lipinski definition) is 1. The van der Waals surface area contributed by atoms with E-state index in [2.05, 4.69) is 26.2 Å². The highest BCUT2D eigenvalue weighted by molar-refractivity contribution is 4.78. The number of rotatable bonds is 3. The average molecular weight is 183 g/mol. The van der Waals surface area contributed by atoms with E-state index in [9.17, 15) is 0 Å². The summed E-state index contributed by atoms with van der Waals surface area (Å²) in [4.78, 5) is 0. The van der Waals surface area contributed by atoms with Crippen LogP contribution < -0.4 is 5.32 Å². The van der Waals surface area contributed by atoms with E-state index in [0.717, 1.165) is 17.9 Å². The Labute approximate surface area is 83.3 Å². The van der Waals surface area contributed by atoms with Crippen molar-refractivity contribution in [1.29, 1.82) is 0 Å². The Kier molecular flexibility index (Phi) is 4.79. The van der Waals surface area contributed by atoms with Gasteiger partial charge in [-0.2, -0.15) is 0 Å². The molecule has 2 atom stereocenters. The van der Waals surface area contributed by atoms with Crippen LogP contribution in [-0.2, 0) is 0 Å². The van der Waals surface area contributed by atoms with Gasteiger partial charge in [0.2, 0.25) is 0 Å². The Hall–Kier alpha value is -0.0400. The highest BCUT2D eigenvalue weighted by Gasteiger charge is 2.22. The van der Waals surface area contributed by atoms with Crippen LogP contribution in [0.3, 0.4) is 0 Å². The summed E-state index contributed by atoms with van der Waals surface area (Å²) in [6.45, 7) is 4.69. The van der Waals surface area contributed by atoms with Crippen molar-refractivity contribution in [2.24, 2.45) is 11.8 Å². The molecule has 1 nitrogen and oxygen atoms in total. The third-order valence-corrected chi connectivity index (χ3v) is 3.30. The zero-order valence-corrected chi connectivity index (χ0v) is 9.47. The molecule has 1 rings (SSSR count). The normalized spacial score (nSPS) is 30.5. The Bertz CT molecular complexity index is 131. The van der Waals surface area contributed by atoms with Gasteiger partial charge >= 0.3 is 0 Å². The van der Waals surface area contributed by atoms with Crippen molar-refractivity contribution >= 4 is 0 Å². The highest BCUT2D eigenvalue weighted by atomic mass is 14.9. The second-order valence-electron chi connectivity index (χ2n) is 4.92. The Morgan fingerprint density at radius 3 is 2.46 bits per heavy atom. The first-order valence-electron chi connectivity index (χ1n) is 5.91. The van der Waals surface area contributed by atoms with Crippen LogP contribution in [-0.4, -0.2) is 13.1 Å². The molecule has 2 unspecified atom stereocenters. The van der Waals surface area contributed by atoms with Gasteiger partial charge in [0.15, 0.2) is 0 Å². The molecule has 0 amide bonds. The summed E-state index contributed by atoms with van der Waals surface area (Å²) >= 11 is 0. The van der Waals surface area contributed by atoms with E-state index in [1.54, 1.807) is 0 Å². The summed E-state index contributed by atoms with van der Waals surface area (Å²) in [6.07, 6.45) is 8.59. The van der Waals surface area contributed by atoms with Gasteiger partial charge in [-0.1, -0.05) is 33.1 Å². The van der Waals surface area contributed by atoms with Gasteiger partial charge in [-0.25, -0.2) is 0 Å². The molecule has 1 heteroatoms. The van der Waals surface area contributed by atoms with Crippen LogP contribution in [0.15, 0.2) is 0 Å². The fourth-order valence-electron chi connectivity index (χ4n) is 2.65. The largest absolute Gasteiger partial charge is 0.317 e. The van der Waals surface area contributed by atoms with Crippen molar-refractivity contribution in [3.63, 3.8) is 0 Å². The quantitative estimate of drug-likeness (QED) is 0.663. The molecule has 0 aromatic carbocycles. The molecule has 1 N–H and O–H groups in total. The van der Waals surface area contributed by atoms with E-state index in [0.29, 0.717) is 0 Å². The molecule has 0 aliphatic heterocycles. The molecule has 0 heterocycles. The molecular weight excluding hydrogens is 158 g/mol. The first-order valence-corrected chi connectivity index (χ1v) is 5.91. The van der Waals surface area contributed by atoms with Crippen molar-refractivity contribution in [3.05, 3.63) is 0 Å². The minimum Gasteiger partial charge on any atom is -0.317 e. The zero-order valence-electron chi connectivity index (χ0n) is 9.47. The van der Waals surface area contributed by atoms with E-state index < -0.39 is 0 Å². The van der Waals surface area contributed by atoms with Crippen LogP contribution in [0.2, 0.25) is 0 Å². The van der Waals surface area contributed by atoms with Crippen molar-refractivity contribution in [2.45, 2.75) is 58.4 Å². The molecule has 0 aromatic rings. The molecule has 1 aliphatic rings. The van der Waals surface area contributed by atoms with Gasteiger partial charge in [-0.05, 0) is 38.1 Å². The van der Waals surface area contributed by atoms with Crippen LogP contribution in [0.4, 0.5) is 0 Å². The third kappa shape index (κ3) is 3.68. The smallest absolute Gasteiger partial charge is 0.00924 e. The lowest BCUT2D eigenvalue weighted by atomic mass is 9.87. The summed E-state index contributed by atoms with van der Waals surface area (Å²) in [6, 6.07) is 0.796. The van der Waals surface area contributed by atoms with E-state index >= 15 is 0 Å². The van der Waals surface area contributed by atoms with Gasteiger partial charge in [-0.15, -0.1) is 0 Å². The molecule has 0 spiro atoms. The molecule has 13 heavy (non-hydrogen) atoms. The second-order valence-corrected chi connectivity index (χ2v) is 4.92. The average Bonchev–Trinajstić information content (AvgIpc) is 2.28. The van der Waals surface area contributed by atoms with Gasteiger partial charge in [-0.3, -0.25) is 0 Å². The molecular formula is C12H25N. The van der Waals surface area contributed by atoms with Gasteiger partial charge in [0, 0.05) is 6.04 Å². The van der Waals surface area contributed by atoms with Crippen LogP contribution in [0.5, 0.6) is 0 Å². The van der Waals surface area contributed by atoms with Crippen LogP contribution >= 0.6 is 0 Å². The molecule has 78 valence electrons. The Balaban J connectivity index is 2.44. The predicted octanol–water partition coefficient (Wildman–Crippen LogP) is 3.20. The molecule has 0 bridgehead atoms. The minimum absolute atomic E-state index is 0.796. The van der Waals surface area contributed by atoms with Crippen LogP contribution in [0, 0.1) is 11.8 Å². The molecule has 0 saturated heterocycles. The third-order valence-electron chi connectivity index (χ3n) is 3.30. The predicted molar refractivity (Wildman–Crippen MR) is 58.9 cm³/mol. The zero-order chi connectivity index (χ0) is 9.68. The lowest BCUT2D eigenvalue weighted by Gasteiger charge is -2.26. The van der Waals surface area contributed by atoms with Crippen LogP contribution in [0.25, 0.3) is 0 Å². The second kappa shape index (κ2) is 5.64. The fraction of sp³-hybridized carbons (Fsp3) is 1.00. The molecule has 1 aliphatic carbocycles. The van der Waals surface area contributed by atoms with Crippen molar-refractivity contribution < 1.29 is 0 Å². The maximum absolute atomic E-state index is 3.50. The molecule has 1 fully saturated rings. The van der Waals surface area contributed by atoms with E-state index in [4.69, 9.17) is 0 Å². The summed E-state index contributed by atoms with van der Waals surface area (Å²) in [5.74, 6) is 1.80. The summed E-state index contributed by atoms with van der Waals surface area (Å²) < 4.78 is 0. The van der Waals surface area contributed by atoms with Gasteiger partial charge < -0.3 is 5.32 Å². The van der Waals surface area contributed by atoms with Gasteiger partial charge in [0.25, 0.3) is 0 Å². The SMILES string of the molecule is CNC1CCCCCC1CC(C)C. The standard InChI is InChI=1S/C12H25N/c1-10(2)9-11-7-5-4-6-8-12(11)13-3/h10-13H,4-9H2,1-3H3. The highest BCUT2D eigenvalue weighted by Crippen LogP contribution is 2.28. The number of hydrogen-bond donors (Lipinski definition) is 1. The summed E-state index contributed by atoms with van der Waals surface area (Å²) in [5, 5.41) is 3.50. The van der Waals surface area contributed by atoms with Crippen molar-refractivity contribution in [3.8, 4) is 0 Å². The fourth-order valence-corrected chi connectivity index (χ4v) is 2.65. The Morgan fingerprint density at radius 1 is 1.15 bits per heavy atom. The van der Waals surface area contributed by atoms with Crippen molar-refractivity contribution in [1.82, 2.24) is 5.32 Å². The number of nitrogens with one attached hydrogen (secondary N) is 1. The first kappa shape index (κ1) is 11.0. The van der Waals surface area contributed by atoms with E-state index in [-0.39, 0.29) is 0 Å². The molecule has 0 radical (unpaired) electrons. The first-order chi connectivity index (χ1) is 6.24. The van der Waals surface area contributed by atoms with Gasteiger partial charge in [0.1, 0.15) is 0 Å². The minimum atomic E-state index is 0.796. The lowest BCUT2D eigenvalue weighted by molar-refractivity contribution is 0.298. The Morgan fingerprint density at radius 2 is 1.85 bits per heavy atom. The van der Waals surface area contributed by atoms with Gasteiger partial charge in [0.05, 0.1) is 0 Å². The van der Waals surface area contributed by atoms with E-state index in [1.165, 1.54) is 38.5 Å². The van der Waals surface area contributed by atoms with Crippen LogP contribution in [0.1, 0.15) is 52.4 Å².